The average Bonchev–Trinajstić information content (AvgIpc) is 3.35. The minimum Gasteiger partial charge on any atom is -0.381 e. The molecule has 0 unspecified atom stereocenters. The number of halogens is 1. The number of benzene rings is 1. The van der Waals surface area contributed by atoms with Crippen molar-refractivity contribution in [2.24, 2.45) is 0 Å². The smallest absolute Gasteiger partial charge is 0.267 e. The van der Waals surface area contributed by atoms with Crippen LogP contribution in [0.2, 0.25) is 0 Å². The van der Waals surface area contributed by atoms with Crippen LogP contribution in [0.4, 0.5) is 0 Å². The highest BCUT2D eigenvalue weighted by Crippen LogP contribution is 2.29. The number of aromatic nitrogens is 2. The summed E-state index contributed by atoms with van der Waals surface area (Å²) in [5.74, 6) is -0.0512. The average molecular weight is 458 g/mol. The Kier molecular flexibility index (Phi) is 5.64. The zero-order chi connectivity index (χ0) is 20.4. The Balaban J connectivity index is 1.57. The molecule has 0 saturated carbocycles. The summed E-state index contributed by atoms with van der Waals surface area (Å²) in [6, 6.07) is 9.15. The monoisotopic (exact) mass is 457 g/mol. The van der Waals surface area contributed by atoms with Crippen LogP contribution in [0, 0.1) is 6.92 Å². The van der Waals surface area contributed by atoms with Gasteiger partial charge in [-0.2, -0.15) is 0 Å². The molecule has 3 aromatic rings. The minimum atomic E-state index is -0.250. The van der Waals surface area contributed by atoms with E-state index in [2.05, 4.69) is 31.4 Å². The fourth-order valence-corrected chi connectivity index (χ4v) is 3.78. The predicted octanol–water partition coefficient (Wildman–Crippen LogP) is 3.88. The molecule has 1 fully saturated rings. The second-order valence-corrected chi connectivity index (χ2v) is 7.88. The molecular formula is C21H20BrN3O4. The van der Waals surface area contributed by atoms with Crippen molar-refractivity contribution < 1.29 is 18.8 Å². The van der Waals surface area contributed by atoms with Gasteiger partial charge in [0.05, 0.1) is 5.56 Å². The highest BCUT2D eigenvalue weighted by atomic mass is 79.9. The van der Waals surface area contributed by atoms with E-state index in [-0.39, 0.29) is 17.7 Å². The van der Waals surface area contributed by atoms with E-state index in [9.17, 15) is 9.59 Å². The molecule has 4 rings (SSSR count). The number of amides is 1. The minimum absolute atomic E-state index is 0.0853. The molecule has 1 aromatic carbocycles. The number of hydrogen-bond donors (Lipinski definition) is 2. The maximum absolute atomic E-state index is 13.2. The standard InChI is InChI=1S/C21H20BrN3O4/c1-12-18(19(25-29-12)13-3-2-4-15(22)9-13)20(26)14-10-17(23-11-14)21(27)24-16-5-7-28-8-6-16/h2-4,9-11,16,23H,5-8H2,1H3,(H,24,27). The van der Waals surface area contributed by atoms with Crippen LogP contribution in [-0.4, -0.2) is 41.1 Å². The maximum atomic E-state index is 13.2. The number of aromatic amines is 1. The van der Waals surface area contributed by atoms with Crippen molar-refractivity contribution in [1.29, 1.82) is 0 Å². The van der Waals surface area contributed by atoms with Crippen molar-refractivity contribution >= 4 is 27.6 Å². The molecule has 0 spiro atoms. The first-order valence-corrected chi connectivity index (χ1v) is 10.2. The van der Waals surface area contributed by atoms with Crippen molar-refractivity contribution in [3.63, 3.8) is 0 Å². The lowest BCUT2D eigenvalue weighted by molar-refractivity contribution is 0.0694. The maximum Gasteiger partial charge on any atom is 0.267 e. The van der Waals surface area contributed by atoms with Gasteiger partial charge in [0.15, 0.2) is 5.78 Å². The van der Waals surface area contributed by atoms with Crippen molar-refractivity contribution in [2.75, 3.05) is 13.2 Å². The summed E-state index contributed by atoms with van der Waals surface area (Å²) in [6.45, 7) is 2.99. The van der Waals surface area contributed by atoms with E-state index in [0.29, 0.717) is 41.5 Å². The van der Waals surface area contributed by atoms with Crippen LogP contribution in [0.1, 0.15) is 45.0 Å². The van der Waals surface area contributed by atoms with Crippen LogP contribution in [0.3, 0.4) is 0 Å². The molecule has 1 saturated heterocycles. The van der Waals surface area contributed by atoms with Gasteiger partial charge in [0.1, 0.15) is 17.1 Å². The van der Waals surface area contributed by atoms with Crippen LogP contribution < -0.4 is 5.32 Å². The number of carbonyl (C=O) groups is 2. The molecule has 1 aliphatic rings. The first-order valence-electron chi connectivity index (χ1n) is 9.37. The number of nitrogens with zero attached hydrogens (tertiary/aromatic N) is 1. The lowest BCUT2D eigenvalue weighted by Crippen LogP contribution is -2.39. The first kappa shape index (κ1) is 19.6. The lowest BCUT2D eigenvalue weighted by atomic mass is 9.99. The lowest BCUT2D eigenvalue weighted by Gasteiger charge is -2.22. The molecule has 7 nitrogen and oxygen atoms in total. The van der Waals surface area contributed by atoms with Crippen LogP contribution in [0.25, 0.3) is 11.3 Å². The normalized spacial score (nSPS) is 14.7. The number of aryl methyl sites for hydroxylation is 1. The van der Waals surface area contributed by atoms with Crippen molar-refractivity contribution in [3.05, 3.63) is 63.6 Å². The summed E-state index contributed by atoms with van der Waals surface area (Å²) in [7, 11) is 0. The number of nitrogens with one attached hydrogen (secondary N) is 2. The van der Waals surface area contributed by atoms with Crippen LogP contribution in [0.15, 0.2) is 45.5 Å². The SMILES string of the molecule is Cc1onc(-c2cccc(Br)c2)c1C(=O)c1c[nH]c(C(=O)NC2CCOCC2)c1. The van der Waals surface area contributed by atoms with Gasteiger partial charge in [-0.1, -0.05) is 33.2 Å². The van der Waals surface area contributed by atoms with Crippen molar-refractivity contribution in [3.8, 4) is 11.3 Å². The van der Waals surface area contributed by atoms with Gasteiger partial charge in [-0.25, -0.2) is 0 Å². The number of ketones is 1. The van der Waals surface area contributed by atoms with Gasteiger partial charge in [-0.3, -0.25) is 9.59 Å². The Labute approximate surface area is 175 Å². The number of carbonyl (C=O) groups excluding carboxylic acids is 2. The van der Waals surface area contributed by atoms with Gasteiger partial charge in [-0.15, -0.1) is 0 Å². The van der Waals surface area contributed by atoms with Gasteiger partial charge in [-0.05, 0) is 38.0 Å². The fourth-order valence-electron chi connectivity index (χ4n) is 3.38. The third-order valence-electron chi connectivity index (χ3n) is 4.93. The Morgan fingerprint density at radius 1 is 1.24 bits per heavy atom. The second-order valence-electron chi connectivity index (χ2n) is 6.96. The van der Waals surface area contributed by atoms with E-state index in [1.165, 1.54) is 0 Å². The Morgan fingerprint density at radius 3 is 2.79 bits per heavy atom. The molecule has 2 aromatic heterocycles. The molecule has 0 bridgehead atoms. The molecule has 0 aliphatic carbocycles. The molecule has 0 radical (unpaired) electrons. The quantitative estimate of drug-likeness (QED) is 0.566. The van der Waals surface area contributed by atoms with Crippen LogP contribution >= 0.6 is 15.9 Å². The molecule has 1 aliphatic heterocycles. The summed E-state index contributed by atoms with van der Waals surface area (Å²) < 4.78 is 11.5. The summed E-state index contributed by atoms with van der Waals surface area (Å²) in [5, 5.41) is 7.05. The number of rotatable bonds is 5. The van der Waals surface area contributed by atoms with E-state index in [1.54, 1.807) is 19.2 Å². The van der Waals surface area contributed by atoms with E-state index < -0.39 is 0 Å². The van der Waals surface area contributed by atoms with Crippen molar-refractivity contribution in [1.82, 2.24) is 15.5 Å². The Bertz CT molecular complexity index is 1050. The summed E-state index contributed by atoms with van der Waals surface area (Å²) in [4.78, 5) is 28.6. The molecule has 2 N–H and O–H groups in total. The summed E-state index contributed by atoms with van der Waals surface area (Å²) in [6.07, 6.45) is 3.11. The third kappa shape index (κ3) is 4.18. The molecule has 3 heterocycles. The van der Waals surface area contributed by atoms with Gasteiger partial charge >= 0.3 is 0 Å². The second kappa shape index (κ2) is 8.34. The Morgan fingerprint density at radius 2 is 2.03 bits per heavy atom. The number of hydrogen-bond acceptors (Lipinski definition) is 5. The highest BCUT2D eigenvalue weighted by Gasteiger charge is 2.25. The van der Waals surface area contributed by atoms with Gasteiger partial charge in [0, 0.05) is 41.1 Å². The summed E-state index contributed by atoms with van der Waals surface area (Å²) >= 11 is 3.43. The molecular weight excluding hydrogens is 438 g/mol. The van der Waals surface area contributed by atoms with Gasteiger partial charge < -0.3 is 19.6 Å². The largest absolute Gasteiger partial charge is 0.381 e. The van der Waals surface area contributed by atoms with Gasteiger partial charge in [0.25, 0.3) is 5.91 Å². The third-order valence-corrected chi connectivity index (χ3v) is 5.43. The topological polar surface area (TPSA) is 97.2 Å². The highest BCUT2D eigenvalue weighted by molar-refractivity contribution is 9.10. The van der Waals surface area contributed by atoms with E-state index in [0.717, 1.165) is 22.9 Å². The molecule has 150 valence electrons. The zero-order valence-corrected chi connectivity index (χ0v) is 17.4. The molecule has 29 heavy (non-hydrogen) atoms. The molecule has 8 heteroatoms. The van der Waals surface area contributed by atoms with Gasteiger partial charge in [0.2, 0.25) is 0 Å². The van der Waals surface area contributed by atoms with Crippen molar-refractivity contribution in [2.45, 2.75) is 25.8 Å². The van der Waals surface area contributed by atoms with E-state index >= 15 is 0 Å². The number of H-pyrrole nitrogens is 1. The Hall–Kier alpha value is -2.71. The summed E-state index contributed by atoms with van der Waals surface area (Å²) in [5.41, 5.74) is 2.36. The van der Waals surface area contributed by atoms with Crippen LogP contribution in [-0.2, 0) is 4.74 Å². The molecule has 1 amide bonds. The zero-order valence-electron chi connectivity index (χ0n) is 15.8. The van der Waals surface area contributed by atoms with E-state index in [1.807, 2.05) is 24.3 Å². The van der Waals surface area contributed by atoms with Crippen LogP contribution in [0.5, 0.6) is 0 Å². The molecule has 0 atom stereocenters. The number of ether oxygens (including phenoxy) is 1. The first-order chi connectivity index (χ1) is 14.0. The predicted molar refractivity (Wildman–Crippen MR) is 110 cm³/mol. The van der Waals surface area contributed by atoms with E-state index in [4.69, 9.17) is 9.26 Å². The fraction of sp³-hybridized carbons (Fsp3) is 0.286.